The molecule has 0 radical (unpaired) electrons. The van der Waals surface area contributed by atoms with Gasteiger partial charge in [-0.2, -0.15) is 0 Å². The molecule has 23 heavy (non-hydrogen) atoms. The summed E-state index contributed by atoms with van der Waals surface area (Å²) in [7, 11) is 0. The Hall–Kier alpha value is -2.03. The summed E-state index contributed by atoms with van der Waals surface area (Å²) in [6, 6.07) is 8.47. The lowest BCUT2D eigenvalue weighted by atomic mass is 10.1. The zero-order valence-corrected chi connectivity index (χ0v) is 15.2. The van der Waals surface area contributed by atoms with Gasteiger partial charge in [-0.15, -0.1) is 0 Å². The molecular formula is C20H28N2O. The van der Waals surface area contributed by atoms with E-state index in [0.29, 0.717) is 12.5 Å². The second-order valence-electron chi connectivity index (χ2n) is 6.86. The minimum absolute atomic E-state index is 0.0278. The average Bonchev–Trinajstić information content (AvgIpc) is 2.69. The van der Waals surface area contributed by atoms with E-state index in [4.69, 9.17) is 0 Å². The maximum Gasteiger partial charge on any atom is 0.268 e. The van der Waals surface area contributed by atoms with Crippen molar-refractivity contribution in [3.05, 3.63) is 57.9 Å². The summed E-state index contributed by atoms with van der Waals surface area (Å²) in [4.78, 5) is 12.7. The molecule has 124 valence electrons. The molecule has 1 N–H and O–H groups in total. The van der Waals surface area contributed by atoms with Crippen molar-refractivity contribution in [2.24, 2.45) is 5.92 Å². The highest BCUT2D eigenvalue weighted by Gasteiger charge is 2.20. The van der Waals surface area contributed by atoms with Gasteiger partial charge in [0.05, 0.1) is 0 Å². The van der Waals surface area contributed by atoms with Gasteiger partial charge in [-0.25, -0.2) is 0 Å². The first-order valence-electron chi connectivity index (χ1n) is 8.31. The van der Waals surface area contributed by atoms with Gasteiger partial charge in [0.2, 0.25) is 0 Å². The van der Waals surface area contributed by atoms with Crippen LogP contribution in [0.3, 0.4) is 0 Å². The van der Waals surface area contributed by atoms with E-state index in [0.717, 1.165) is 17.8 Å². The molecule has 1 aromatic heterocycles. The Labute approximate surface area is 139 Å². The minimum Gasteiger partial charge on any atom is -0.350 e. The predicted molar refractivity (Wildman–Crippen MR) is 96.1 cm³/mol. The van der Waals surface area contributed by atoms with Crippen molar-refractivity contribution in [2.75, 3.05) is 6.54 Å². The molecule has 0 saturated carbocycles. The van der Waals surface area contributed by atoms with Crippen LogP contribution in [-0.4, -0.2) is 17.0 Å². The zero-order valence-electron chi connectivity index (χ0n) is 15.2. The van der Waals surface area contributed by atoms with Crippen LogP contribution in [-0.2, 0) is 6.54 Å². The van der Waals surface area contributed by atoms with Crippen LogP contribution in [0.1, 0.15) is 52.3 Å². The number of hydrogen-bond acceptors (Lipinski definition) is 1. The maximum absolute atomic E-state index is 12.7. The Bertz CT molecular complexity index is 711. The van der Waals surface area contributed by atoms with E-state index in [9.17, 15) is 4.79 Å². The van der Waals surface area contributed by atoms with Crippen LogP contribution in [0.2, 0.25) is 0 Å². The lowest BCUT2D eigenvalue weighted by Gasteiger charge is -2.14. The Kier molecular flexibility index (Phi) is 5.30. The number of rotatable bonds is 5. The van der Waals surface area contributed by atoms with E-state index in [1.807, 2.05) is 6.92 Å². The van der Waals surface area contributed by atoms with Crippen LogP contribution >= 0.6 is 0 Å². The fraction of sp³-hybridized carbons (Fsp3) is 0.450. The molecule has 1 heterocycles. The highest BCUT2D eigenvalue weighted by molar-refractivity contribution is 5.95. The Balaban J connectivity index is 2.38. The monoisotopic (exact) mass is 312 g/mol. The van der Waals surface area contributed by atoms with Crippen molar-refractivity contribution in [1.29, 1.82) is 0 Å². The fourth-order valence-electron chi connectivity index (χ4n) is 2.89. The lowest BCUT2D eigenvalue weighted by Crippen LogP contribution is -2.30. The normalized spacial score (nSPS) is 11.1. The first-order valence-corrected chi connectivity index (χ1v) is 8.31. The summed E-state index contributed by atoms with van der Waals surface area (Å²) in [5.74, 6) is 0.474. The van der Waals surface area contributed by atoms with Gasteiger partial charge >= 0.3 is 0 Å². The fourth-order valence-corrected chi connectivity index (χ4v) is 2.89. The van der Waals surface area contributed by atoms with Crippen molar-refractivity contribution in [3.8, 4) is 0 Å². The zero-order chi connectivity index (χ0) is 17.1. The molecular weight excluding hydrogens is 284 g/mol. The number of nitrogens with zero attached hydrogens (tertiary/aromatic N) is 1. The van der Waals surface area contributed by atoms with E-state index in [1.54, 1.807) is 0 Å². The number of amides is 1. The maximum atomic E-state index is 12.7. The molecule has 2 aromatic rings. The molecule has 0 aliphatic carbocycles. The third kappa shape index (κ3) is 3.84. The van der Waals surface area contributed by atoms with Crippen LogP contribution in [0.5, 0.6) is 0 Å². The highest BCUT2D eigenvalue weighted by atomic mass is 16.1. The van der Waals surface area contributed by atoms with E-state index >= 15 is 0 Å². The second-order valence-corrected chi connectivity index (χ2v) is 6.86. The first-order chi connectivity index (χ1) is 10.8. The largest absolute Gasteiger partial charge is 0.350 e. The molecule has 0 atom stereocenters. The van der Waals surface area contributed by atoms with Crippen molar-refractivity contribution < 1.29 is 4.79 Å². The molecule has 0 fully saturated rings. The average molecular weight is 312 g/mol. The van der Waals surface area contributed by atoms with Crippen LogP contribution < -0.4 is 5.32 Å². The van der Waals surface area contributed by atoms with Gasteiger partial charge < -0.3 is 9.88 Å². The van der Waals surface area contributed by atoms with Crippen molar-refractivity contribution >= 4 is 5.91 Å². The number of benzene rings is 1. The van der Waals surface area contributed by atoms with Gasteiger partial charge in [0.25, 0.3) is 5.91 Å². The summed E-state index contributed by atoms with van der Waals surface area (Å²) < 4.78 is 2.15. The van der Waals surface area contributed by atoms with Gasteiger partial charge in [0, 0.05) is 18.8 Å². The van der Waals surface area contributed by atoms with Crippen molar-refractivity contribution in [2.45, 2.75) is 48.1 Å². The number of nitrogens with one attached hydrogen (secondary N) is 1. The van der Waals surface area contributed by atoms with Gasteiger partial charge in [-0.05, 0) is 50.3 Å². The number of hydrogen-bond donors (Lipinski definition) is 1. The summed E-state index contributed by atoms with van der Waals surface area (Å²) in [5, 5.41) is 3.06. The standard InChI is InChI=1S/C20H28N2O/c1-13(2)11-21-20(23)19-16(5)15(4)17(6)22(19)12-18-9-7-8-14(3)10-18/h7-10,13H,11-12H2,1-6H3,(H,21,23). The predicted octanol–water partition coefficient (Wildman–Crippen LogP) is 4.16. The molecule has 0 unspecified atom stereocenters. The van der Waals surface area contributed by atoms with E-state index < -0.39 is 0 Å². The topological polar surface area (TPSA) is 34.0 Å². The number of carbonyl (C=O) groups excluding carboxylic acids is 1. The third-order valence-corrected chi connectivity index (χ3v) is 4.44. The highest BCUT2D eigenvalue weighted by Crippen LogP contribution is 2.23. The van der Waals surface area contributed by atoms with Crippen LogP contribution in [0.4, 0.5) is 0 Å². The number of carbonyl (C=O) groups is 1. The summed E-state index contributed by atoms with van der Waals surface area (Å²) in [6.07, 6.45) is 0. The van der Waals surface area contributed by atoms with Crippen molar-refractivity contribution in [3.63, 3.8) is 0 Å². The second kappa shape index (κ2) is 7.03. The molecule has 3 nitrogen and oxygen atoms in total. The minimum atomic E-state index is 0.0278. The molecule has 0 bridgehead atoms. The molecule has 3 heteroatoms. The number of aryl methyl sites for hydroxylation is 1. The van der Waals surface area contributed by atoms with E-state index in [2.05, 4.69) is 68.8 Å². The first kappa shape index (κ1) is 17.3. The van der Waals surface area contributed by atoms with E-state index in [1.165, 1.54) is 22.4 Å². The smallest absolute Gasteiger partial charge is 0.268 e. The lowest BCUT2D eigenvalue weighted by molar-refractivity contribution is 0.0939. The molecule has 1 amide bonds. The molecule has 0 aliphatic heterocycles. The molecule has 0 spiro atoms. The SMILES string of the molecule is Cc1cccc(Cn2c(C)c(C)c(C)c2C(=O)NCC(C)C)c1. The summed E-state index contributed by atoms with van der Waals surface area (Å²) >= 11 is 0. The molecule has 2 rings (SSSR count). The van der Waals surface area contributed by atoms with Crippen LogP contribution in [0.15, 0.2) is 24.3 Å². The van der Waals surface area contributed by atoms with Gasteiger partial charge in [0.1, 0.15) is 5.69 Å². The summed E-state index contributed by atoms with van der Waals surface area (Å²) in [6.45, 7) is 14.0. The third-order valence-electron chi connectivity index (χ3n) is 4.44. The van der Waals surface area contributed by atoms with Gasteiger partial charge in [-0.3, -0.25) is 4.79 Å². The van der Waals surface area contributed by atoms with Crippen LogP contribution in [0.25, 0.3) is 0 Å². The molecule has 0 saturated heterocycles. The Morgan fingerprint density at radius 3 is 2.43 bits per heavy atom. The molecule has 0 aliphatic rings. The van der Waals surface area contributed by atoms with Crippen LogP contribution in [0, 0.1) is 33.6 Å². The Morgan fingerprint density at radius 2 is 1.83 bits per heavy atom. The molecule has 1 aromatic carbocycles. The van der Waals surface area contributed by atoms with Gasteiger partial charge in [0.15, 0.2) is 0 Å². The quantitative estimate of drug-likeness (QED) is 0.884. The van der Waals surface area contributed by atoms with Gasteiger partial charge in [-0.1, -0.05) is 43.7 Å². The van der Waals surface area contributed by atoms with E-state index in [-0.39, 0.29) is 5.91 Å². The number of aromatic nitrogens is 1. The van der Waals surface area contributed by atoms with Crippen molar-refractivity contribution in [1.82, 2.24) is 9.88 Å². The Morgan fingerprint density at radius 1 is 1.13 bits per heavy atom. The summed E-state index contributed by atoms with van der Waals surface area (Å²) in [5.41, 5.74) is 6.71.